The van der Waals surface area contributed by atoms with Gasteiger partial charge in [0.15, 0.2) is 0 Å². The van der Waals surface area contributed by atoms with Crippen LogP contribution >= 0.6 is 0 Å². The predicted molar refractivity (Wildman–Crippen MR) is 145 cm³/mol. The molecule has 0 unspecified atom stereocenters. The molecule has 0 saturated heterocycles. The van der Waals surface area contributed by atoms with Crippen LogP contribution in [0.3, 0.4) is 0 Å². The normalized spacial score (nSPS) is 42.7. The number of carbonyl (C=O) groups is 1. The quantitative estimate of drug-likeness (QED) is 0.380. The van der Waals surface area contributed by atoms with Gasteiger partial charge in [-0.25, -0.2) is 17.9 Å². The number of nitrogens with one attached hydrogen (secondary N) is 2. The third-order valence-electron chi connectivity index (χ3n) is 11.6. The van der Waals surface area contributed by atoms with Crippen LogP contribution in [0.5, 0.6) is 0 Å². The van der Waals surface area contributed by atoms with E-state index in [-0.39, 0.29) is 6.10 Å². The van der Waals surface area contributed by atoms with Crippen molar-refractivity contribution in [2.75, 3.05) is 6.54 Å². The molecule has 7 heteroatoms. The van der Waals surface area contributed by atoms with Crippen LogP contribution in [-0.2, 0) is 10.0 Å². The average molecular weight is 525 g/mol. The van der Waals surface area contributed by atoms with Crippen molar-refractivity contribution in [1.29, 1.82) is 0 Å². The second kappa shape index (κ2) is 10.1. The van der Waals surface area contributed by atoms with Gasteiger partial charge >= 0.3 is 6.03 Å². The molecule has 208 valence electrons. The maximum atomic E-state index is 12.2. The summed E-state index contributed by atoms with van der Waals surface area (Å²) in [6, 6.07) is -0.617. The largest absolute Gasteiger partial charge is 0.393 e. The molecule has 0 aliphatic heterocycles. The maximum Gasteiger partial charge on any atom is 0.328 e. The summed E-state index contributed by atoms with van der Waals surface area (Å²) in [4.78, 5) is 12.2. The fourth-order valence-corrected chi connectivity index (χ4v) is 10.0. The molecule has 4 aliphatic rings. The van der Waals surface area contributed by atoms with Crippen molar-refractivity contribution >= 4 is 16.1 Å². The van der Waals surface area contributed by atoms with E-state index in [1.807, 2.05) is 0 Å². The van der Waals surface area contributed by atoms with Crippen LogP contribution in [0.4, 0.5) is 4.79 Å². The van der Waals surface area contributed by atoms with E-state index in [2.05, 4.69) is 30.8 Å². The van der Waals surface area contributed by atoms with Gasteiger partial charge in [0.2, 0.25) is 10.0 Å². The van der Waals surface area contributed by atoms with Crippen molar-refractivity contribution < 1.29 is 18.3 Å². The van der Waals surface area contributed by atoms with Gasteiger partial charge < -0.3 is 10.4 Å². The third kappa shape index (κ3) is 4.97. The molecule has 0 bridgehead atoms. The van der Waals surface area contributed by atoms with Crippen LogP contribution in [0.15, 0.2) is 0 Å². The monoisotopic (exact) mass is 524 g/mol. The number of rotatable bonds is 6. The van der Waals surface area contributed by atoms with E-state index in [9.17, 15) is 18.3 Å². The zero-order valence-corrected chi connectivity index (χ0v) is 24.4. The van der Waals surface area contributed by atoms with E-state index < -0.39 is 20.8 Å². The fourth-order valence-electron chi connectivity index (χ4n) is 9.38. The first-order valence-electron chi connectivity index (χ1n) is 14.7. The van der Waals surface area contributed by atoms with Gasteiger partial charge in [0.1, 0.15) is 0 Å². The van der Waals surface area contributed by atoms with Crippen molar-refractivity contribution in [2.24, 2.45) is 46.3 Å². The summed E-state index contributed by atoms with van der Waals surface area (Å²) >= 11 is 0. The number of urea groups is 1. The van der Waals surface area contributed by atoms with Gasteiger partial charge in [-0.2, -0.15) is 0 Å². The lowest BCUT2D eigenvalue weighted by atomic mass is 9.42. The van der Waals surface area contributed by atoms with Gasteiger partial charge in [0, 0.05) is 6.54 Å². The zero-order valence-electron chi connectivity index (χ0n) is 23.6. The Hall–Kier alpha value is -0.820. The first kappa shape index (κ1) is 28.2. The Labute approximate surface area is 220 Å². The second-order valence-corrected chi connectivity index (χ2v) is 16.7. The van der Waals surface area contributed by atoms with Crippen LogP contribution in [-0.4, -0.2) is 37.0 Å². The summed E-state index contributed by atoms with van der Waals surface area (Å²) in [6.07, 6.45) is 12.9. The summed E-state index contributed by atoms with van der Waals surface area (Å²) < 4.78 is 25.6. The van der Waals surface area contributed by atoms with Crippen molar-refractivity contribution in [3.8, 4) is 0 Å². The molecule has 0 aromatic rings. The highest BCUT2D eigenvalue weighted by atomic mass is 32.2. The molecule has 2 amide bonds. The van der Waals surface area contributed by atoms with Crippen LogP contribution in [0.25, 0.3) is 0 Å². The highest BCUT2D eigenvalue weighted by Gasteiger charge is 2.61. The molecule has 4 aliphatic carbocycles. The number of amides is 2. The maximum absolute atomic E-state index is 12.2. The number of aliphatic hydroxyl groups excluding tert-OH is 1. The molecule has 0 aromatic heterocycles. The molecule has 0 spiro atoms. The molecule has 4 saturated carbocycles. The smallest absolute Gasteiger partial charge is 0.328 e. The number of carbonyl (C=O) groups excluding carboxylic acids is 1. The van der Waals surface area contributed by atoms with Crippen molar-refractivity contribution in [3.05, 3.63) is 0 Å². The standard InChI is InChI=1S/C29H52N2O4S/c1-7-19-17-22-23-11-10-20(9-8-16-30-26(33)31-36(34,35)27(2,3)4)28(23,5)15-13-24(22)29(6)14-12-21(32)18-25(19)29/h19-25,32H,7-18H2,1-6H3,(H2,30,31,33)/t19-,20-,21+,22-,23-,24-,25-,28+,29+/m0/s1. The highest BCUT2D eigenvalue weighted by Crippen LogP contribution is 2.69. The average Bonchev–Trinajstić information content (AvgIpc) is 3.12. The van der Waals surface area contributed by atoms with Crippen LogP contribution in [0, 0.1) is 46.3 Å². The summed E-state index contributed by atoms with van der Waals surface area (Å²) in [5.41, 5.74) is 0.779. The van der Waals surface area contributed by atoms with E-state index in [4.69, 9.17) is 0 Å². The van der Waals surface area contributed by atoms with E-state index in [0.717, 1.165) is 49.4 Å². The van der Waals surface area contributed by atoms with Crippen LogP contribution < -0.4 is 10.0 Å². The molecule has 3 N–H and O–H groups in total. The number of hydrogen-bond acceptors (Lipinski definition) is 4. The molecule has 0 heterocycles. The molecule has 6 nitrogen and oxygen atoms in total. The predicted octanol–water partition coefficient (Wildman–Crippen LogP) is 5.85. The molecular weight excluding hydrogens is 472 g/mol. The minimum Gasteiger partial charge on any atom is -0.393 e. The minimum atomic E-state index is -3.69. The Morgan fingerprint density at radius 1 is 0.972 bits per heavy atom. The molecule has 0 aromatic carbocycles. The molecule has 36 heavy (non-hydrogen) atoms. The van der Waals surface area contributed by atoms with E-state index in [0.29, 0.717) is 29.2 Å². The Balaban J connectivity index is 1.35. The molecule has 4 fully saturated rings. The number of fused-ring (bicyclic) bond motifs is 5. The molecular formula is C29H52N2O4S. The summed E-state index contributed by atoms with van der Waals surface area (Å²) in [5.74, 6) is 4.55. The summed E-state index contributed by atoms with van der Waals surface area (Å²) in [6.45, 7) is 12.8. The first-order valence-corrected chi connectivity index (χ1v) is 16.2. The topological polar surface area (TPSA) is 95.5 Å². The van der Waals surface area contributed by atoms with Gasteiger partial charge in [-0.1, -0.05) is 27.2 Å². The minimum absolute atomic E-state index is 0.0948. The lowest BCUT2D eigenvalue weighted by Gasteiger charge is -2.63. The Kier molecular flexibility index (Phi) is 7.87. The van der Waals surface area contributed by atoms with Crippen molar-refractivity contribution in [1.82, 2.24) is 10.0 Å². The van der Waals surface area contributed by atoms with E-state index in [1.54, 1.807) is 20.8 Å². The highest BCUT2D eigenvalue weighted by molar-refractivity contribution is 7.91. The summed E-state index contributed by atoms with van der Waals surface area (Å²) in [7, 11) is -3.69. The molecule has 0 radical (unpaired) electrons. The van der Waals surface area contributed by atoms with Gasteiger partial charge in [-0.3, -0.25) is 0 Å². The second-order valence-electron chi connectivity index (χ2n) is 14.3. The lowest BCUT2D eigenvalue weighted by Crippen LogP contribution is -2.56. The number of hydrogen-bond donors (Lipinski definition) is 3. The fraction of sp³-hybridized carbons (Fsp3) is 0.966. The first-order chi connectivity index (χ1) is 16.7. The van der Waals surface area contributed by atoms with E-state index >= 15 is 0 Å². The Morgan fingerprint density at radius 3 is 2.31 bits per heavy atom. The van der Waals surface area contributed by atoms with Crippen LogP contribution in [0.1, 0.15) is 112 Å². The van der Waals surface area contributed by atoms with Crippen molar-refractivity contribution in [2.45, 2.75) is 123 Å². The number of aliphatic hydroxyl groups is 1. The van der Waals surface area contributed by atoms with Crippen molar-refractivity contribution in [3.63, 3.8) is 0 Å². The molecule has 4 rings (SSSR count). The zero-order chi connectivity index (χ0) is 26.5. The SMILES string of the molecule is CC[C@H]1C[C@@H]2[C@H](CC[C@]3(C)[C@@H](CCCNC(=O)NS(=O)(=O)C(C)(C)C)CC[C@@H]23)[C@@]2(C)CC[C@@H](O)C[C@@H]12. The van der Waals surface area contributed by atoms with Gasteiger partial charge in [-0.05, 0) is 131 Å². The Morgan fingerprint density at radius 2 is 1.64 bits per heavy atom. The Bertz CT molecular complexity index is 915. The van der Waals surface area contributed by atoms with Crippen LogP contribution in [0.2, 0.25) is 0 Å². The lowest BCUT2D eigenvalue weighted by molar-refractivity contribution is -0.150. The summed E-state index contributed by atoms with van der Waals surface area (Å²) in [5, 5.41) is 13.2. The third-order valence-corrected chi connectivity index (χ3v) is 13.7. The van der Waals surface area contributed by atoms with Gasteiger partial charge in [0.05, 0.1) is 10.9 Å². The van der Waals surface area contributed by atoms with Gasteiger partial charge in [-0.15, -0.1) is 0 Å². The molecule has 9 atom stereocenters. The number of sulfonamides is 1. The van der Waals surface area contributed by atoms with E-state index in [1.165, 1.54) is 44.9 Å². The van der Waals surface area contributed by atoms with Gasteiger partial charge in [0.25, 0.3) is 0 Å².